The van der Waals surface area contributed by atoms with Gasteiger partial charge < -0.3 is 14.8 Å². The second-order valence-corrected chi connectivity index (χ2v) is 5.76. The molecule has 0 atom stereocenters. The molecule has 142 valence electrons. The molecule has 0 aliphatic carbocycles. The average molecular weight is 378 g/mol. The molecule has 0 heterocycles. The summed E-state index contributed by atoms with van der Waals surface area (Å²) in [4.78, 5) is 22.6. The highest BCUT2D eigenvalue weighted by molar-refractivity contribution is 6.05. The van der Waals surface area contributed by atoms with E-state index in [4.69, 9.17) is 9.47 Å². The highest BCUT2D eigenvalue weighted by Crippen LogP contribution is 2.24. The standard InChI is InChI=1S/C21H18N2O5/c24-21(16-10-12-17(13-11-16)23(25)26)22-19-8-4-5-9-20(19)28-15-14-27-18-6-2-1-3-7-18/h1-13H,14-15H2,(H,22,24). The van der Waals surface area contributed by atoms with Gasteiger partial charge in [-0.05, 0) is 36.4 Å². The number of nitrogens with zero attached hydrogens (tertiary/aromatic N) is 1. The number of ether oxygens (including phenoxy) is 2. The minimum absolute atomic E-state index is 0.0706. The lowest BCUT2D eigenvalue weighted by atomic mass is 10.2. The SMILES string of the molecule is O=C(Nc1ccccc1OCCOc1ccccc1)c1ccc([N+](=O)[O-])cc1. The second kappa shape index (κ2) is 9.18. The Hall–Kier alpha value is -3.87. The van der Waals surface area contributed by atoms with Crippen molar-refractivity contribution in [3.05, 3.63) is 94.5 Å². The number of rotatable bonds is 8. The van der Waals surface area contributed by atoms with Crippen LogP contribution in [-0.2, 0) is 0 Å². The zero-order chi connectivity index (χ0) is 19.8. The third kappa shape index (κ3) is 5.07. The van der Waals surface area contributed by atoms with E-state index in [-0.39, 0.29) is 11.6 Å². The molecular weight excluding hydrogens is 360 g/mol. The minimum atomic E-state index is -0.512. The second-order valence-electron chi connectivity index (χ2n) is 5.76. The molecule has 7 heteroatoms. The normalized spacial score (nSPS) is 10.1. The Balaban J connectivity index is 1.58. The molecule has 0 radical (unpaired) electrons. The van der Waals surface area contributed by atoms with Crippen LogP contribution in [0.3, 0.4) is 0 Å². The molecule has 0 unspecified atom stereocenters. The molecule has 1 N–H and O–H groups in total. The Morgan fingerprint density at radius 2 is 1.50 bits per heavy atom. The van der Waals surface area contributed by atoms with Crippen molar-refractivity contribution in [1.82, 2.24) is 0 Å². The molecule has 0 aliphatic rings. The van der Waals surface area contributed by atoms with Gasteiger partial charge in [0.15, 0.2) is 0 Å². The fraction of sp³-hybridized carbons (Fsp3) is 0.0952. The Bertz CT molecular complexity index is 943. The van der Waals surface area contributed by atoms with E-state index in [1.54, 1.807) is 24.3 Å². The Kier molecular flexibility index (Phi) is 6.20. The topological polar surface area (TPSA) is 90.7 Å². The number of anilines is 1. The van der Waals surface area contributed by atoms with E-state index in [2.05, 4.69) is 5.32 Å². The summed E-state index contributed by atoms with van der Waals surface area (Å²) in [5.74, 6) is 0.881. The first-order chi connectivity index (χ1) is 13.6. The van der Waals surface area contributed by atoms with Gasteiger partial charge in [-0.15, -0.1) is 0 Å². The van der Waals surface area contributed by atoms with E-state index in [0.29, 0.717) is 30.2 Å². The molecule has 0 aromatic heterocycles. The Morgan fingerprint density at radius 3 is 2.21 bits per heavy atom. The van der Waals surface area contributed by atoms with Gasteiger partial charge in [0.25, 0.3) is 11.6 Å². The third-order valence-corrected chi connectivity index (χ3v) is 3.83. The molecule has 3 aromatic carbocycles. The van der Waals surface area contributed by atoms with E-state index in [9.17, 15) is 14.9 Å². The smallest absolute Gasteiger partial charge is 0.269 e. The van der Waals surface area contributed by atoms with E-state index in [0.717, 1.165) is 5.75 Å². The number of benzene rings is 3. The van der Waals surface area contributed by atoms with Crippen molar-refractivity contribution in [2.75, 3.05) is 18.5 Å². The maximum absolute atomic E-state index is 12.4. The molecule has 28 heavy (non-hydrogen) atoms. The van der Waals surface area contributed by atoms with Crippen LogP contribution in [0.1, 0.15) is 10.4 Å². The van der Waals surface area contributed by atoms with Crippen molar-refractivity contribution < 1.29 is 19.2 Å². The monoisotopic (exact) mass is 378 g/mol. The van der Waals surface area contributed by atoms with Crippen molar-refractivity contribution in [2.45, 2.75) is 0 Å². The number of nitro benzene ring substituents is 1. The minimum Gasteiger partial charge on any atom is -0.490 e. The summed E-state index contributed by atoms with van der Waals surface area (Å²) in [5.41, 5.74) is 0.747. The molecule has 0 fully saturated rings. The number of para-hydroxylation sites is 3. The molecule has 0 spiro atoms. The molecule has 0 aliphatic heterocycles. The van der Waals surface area contributed by atoms with Gasteiger partial charge >= 0.3 is 0 Å². The fourth-order valence-corrected chi connectivity index (χ4v) is 2.45. The summed E-state index contributed by atoms with van der Waals surface area (Å²) in [6, 6.07) is 21.8. The first kappa shape index (κ1) is 18.9. The Morgan fingerprint density at radius 1 is 0.857 bits per heavy atom. The van der Waals surface area contributed by atoms with Crippen LogP contribution in [0.2, 0.25) is 0 Å². The summed E-state index contributed by atoms with van der Waals surface area (Å²) in [5, 5.41) is 13.5. The first-order valence-electron chi connectivity index (χ1n) is 8.59. The number of carbonyl (C=O) groups excluding carboxylic acids is 1. The zero-order valence-corrected chi connectivity index (χ0v) is 14.9. The number of hydrogen-bond acceptors (Lipinski definition) is 5. The van der Waals surface area contributed by atoms with E-state index < -0.39 is 4.92 Å². The van der Waals surface area contributed by atoms with Crippen LogP contribution in [0.15, 0.2) is 78.9 Å². The van der Waals surface area contributed by atoms with Gasteiger partial charge in [-0.25, -0.2) is 0 Å². The molecule has 7 nitrogen and oxygen atoms in total. The molecule has 1 amide bonds. The summed E-state index contributed by atoms with van der Waals surface area (Å²) < 4.78 is 11.3. The van der Waals surface area contributed by atoms with Gasteiger partial charge in [0, 0.05) is 17.7 Å². The average Bonchev–Trinajstić information content (AvgIpc) is 2.73. The van der Waals surface area contributed by atoms with Gasteiger partial charge in [0.2, 0.25) is 0 Å². The molecule has 0 saturated heterocycles. The number of nitrogens with one attached hydrogen (secondary N) is 1. The Labute approximate surface area is 161 Å². The summed E-state index contributed by atoms with van der Waals surface area (Å²) >= 11 is 0. The van der Waals surface area contributed by atoms with Crippen molar-refractivity contribution in [2.24, 2.45) is 0 Å². The molecule has 3 rings (SSSR count). The van der Waals surface area contributed by atoms with E-state index in [1.165, 1.54) is 24.3 Å². The number of nitro groups is 1. The molecular formula is C21H18N2O5. The largest absolute Gasteiger partial charge is 0.490 e. The first-order valence-corrected chi connectivity index (χ1v) is 8.59. The van der Waals surface area contributed by atoms with Crippen LogP contribution in [0, 0.1) is 10.1 Å². The number of non-ortho nitro benzene ring substituents is 1. The molecule has 0 saturated carbocycles. The lowest BCUT2D eigenvalue weighted by Gasteiger charge is -2.13. The van der Waals surface area contributed by atoms with E-state index in [1.807, 2.05) is 30.3 Å². The predicted octanol–water partition coefficient (Wildman–Crippen LogP) is 4.30. The van der Waals surface area contributed by atoms with Gasteiger partial charge in [0.1, 0.15) is 24.7 Å². The van der Waals surface area contributed by atoms with Gasteiger partial charge in [-0.1, -0.05) is 30.3 Å². The van der Waals surface area contributed by atoms with Crippen molar-refractivity contribution >= 4 is 17.3 Å². The van der Waals surface area contributed by atoms with Crippen LogP contribution < -0.4 is 14.8 Å². The molecule has 3 aromatic rings. The van der Waals surface area contributed by atoms with Gasteiger partial charge in [0.05, 0.1) is 10.6 Å². The summed E-state index contributed by atoms with van der Waals surface area (Å²) in [6.07, 6.45) is 0. The van der Waals surface area contributed by atoms with Crippen molar-refractivity contribution in [3.8, 4) is 11.5 Å². The van der Waals surface area contributed by atoms with Crippen LogP contribution >= 0.6 is 0 Å². The number of carbonyl (C=O) groups is 1. The van der Waals surface area contributed by atoms with E-state index >= 15 is 0 Å². The third-order valence-electron chi connectivity index (χ3n) is 3.83. The molecule has 0 bridgehead atoms. The lowest BCUT2D eigenvalue weighted by Crippen LogP contribution is -2.14. The van der Waals surface area contributed by atoms with Crippen LogP contribution in [0.4, 0.5) is 11.4 Å². The zero-order valence-electron chi connectivity index (χ0n) is 14.9. The fourth-order valence-electron chi connectivity index (χ4n) is 2.45. The summed E-state index contributed by atoms with van der Waals surface area (Å²) in [6.45, 7) is 0.661. The van der Waals surface area contributed by atoms with Gasteiger partial charge in [-0.3, -0.25) is 14.9 Å². The summed E-state index contributed by atoms with van der Waals surface area (Å²) in [7, 11) is 0. The quantitative estimate of drug-likeness (QED) is 0.358. The highest BCUT2D eigenvalue weighted by atomic mass is 16.6. The predicted molar refractivity (Wildman–Crippen MR) is 105 cm³/mol. The van der Waals surface area contributed by atoms with Crippen LogP contribution in [-0.4, -0.2) is 24.0 Å². The van der Waals surface area contributed by atoms with Crippen molar-refractivity contribution in [1.29, 1.82) is 0 Å². The maximum atomic E-state index is 12.4. The van der Waals surface area contributed by atoms with Crippen LogP contribution in [0.5, 0.6) is 11.5 Å². The van der Waals surface area contributed by atoms with Gasteiger partial charge in [-0.2, -0.15) is 0 Å². The van der Waals surface area contributed by atoms with Crippen molar-refractivity contribution in [3.63, 3.8) is 0 Å². The lowest BCUT2D eigenvalue weighted by molar-refractivity contribution is -0.384. The number of hydrogen-bond donors (Lipinski definition) is 1. The maximum Gasteiger partial charge on any atom is 0.269 e. The van der Waals surface area contributed by atoms with Crippen LogP contribution in [0.25, 0.3) is 0 Å². The number of amides is 1. The highest BCUT2D eigenvalue weighted by Gasteiger charge is 2.12.